The van der Waals surface area contributed by atoms with Gasteiger partial charge in [-0.15, -0.1) is 0 Å². The number of methoxy groups -OCH3 is 2. The summed E-state index contributed by atoms with van der Waals surface area (Å²) in [5.74, 6) is 1.89. The van der Waals surface area contributed by atoms with Crippen LogP contribution in [0.25, 0.3) is 10.8 Å². The van der Waals surface area contributed by atoms with Crippen LogP contribution in [0.4, 0.5) is 4.79 Å². The predicted molar refractivity (Wildman–Crippen MR) is 105 cm³/mol. The van der Waals surface area contributed by atoms with Gasteiger partial charge in [0.2, 0.25) is 0 Å². The number of unbranched alkanes of at least 4 members (excludes halogenated alkanes) is 3. The smallest absolute Gasteiger partial charge is 0.414 e. The van der Waals surface area contributed by atoms with E-state index < -0.39 is 6.09 Å². The summed E-state index contributed by atoms with van der Waals surface area (Å²) < 4.78 is 17.1. The summed E-state index contributed by atoms with van der Waals surface area (Å²) in [6.07, 6.45) is 4.83. The van der Waals surface area contributed by atoms with E-state index in [0.29, 0.717) is 17.2 Å². The highest BCUT2D eigenvalue weighted by Crippen LogP contribution is 2.46. The Morgan fingerprint density at radius 3 is 2.08 bits per heavy atom. The van der Waals surface area contributed by atoms with Gasteiger partial charge >= 0.3 is 6.09 Å². The average molecular weight is 359 g/mol. The molecule has 1 amide bonds. The Balaban J connectivity index is 2.62. The van der Waals surface area contributed by atoms with Crippen LogP contribution < -0.4 is 14.2 Å². The summed E-state index contributed by atoms with van der Waals surface area (Å²) in [5.41, 5.74) is 0.884. The summed E-state index contributed by atoms with van der Waals surface area (Å²) in [4.78, 5) is 13.7. The Labute approximate surface area is 155 Å². The normalized spacial score (nSPS) is 10.7. The van der Waals surface area contributed by atoms with Crippen molar-refractivity contribution < 1.29 is 19.0 Å². The second-order valence-electron chi connectivity index (χ2n) is 6.49. The topological polar surface area (TPSA) is 48.0 Å². The first-order valence-corrected chi connectivity index (χ1v) is 9.09. The maximum Gasteiger partial charge on any atom is 0.414 e. The van der Waals surface area contributed by atoms with Crippen molar-refractivity contribution in [3.63, 3.8) is 0 Å². The maximum atomic E-state index is 12.3. The minimum Gasteiger partial charge on any atom is -0.492 e. The number of amides is 1. The molecule has 2 aromatic carbocycles. The van der Waals surface area contributed by atoms with E-state index in [0.717, 1.165) is 35.6 Å². The van der Waals surface area contributed by atoms with Gasteiger partial charge in [-0.1, -0.05) is 50.5 Å². The highest BCUT2D eigenvalue weighted by Gasteiger charge is 2.23. The molecule has 0 spiro atoms. The minimum atomic E-state index is -0.405. The number of carbonyl (C=O) groups is 1. The van der Waals surface area contributed by atoms with E-state index in [1.54, 1.807) is 28.3 Å². The first-order valence-electron chi connectivity index (χ1n) is 9.09. The zero-order valence-corrected chi connectivity index (χ0v) is 16.4. The van der Waals surface area contributed by atoms with Gasteiger partial charge in [-0.05, 0) is 12.8 Å². The molecule has 26 heavy (non-hydrogen) atoms. The van der Waals surface area contributed by atoms with Crippen LogP contribution in [0.15, 0.2) is 24.3 Å². The molecule has 5 nitrogen and oxygen atoms in total. The molecule has 142 valence electrons. The Kier molecular flexibility index (Phi) is 7.13. The molecule has 0 radical (unpaired) electrons. The molecule has 0 aliphatic heterocycles. The second-order valence-corrected chi connectivity index (χ2v) is 6.49. The van der Waals surface area contributed by atoms with Gasteiger partial charge in [0, 0.05) is 30.4 Å². The van der Waals surface area contributed by atoms with E-state index in [4.69, 9.17) is 14.2 Å². The van der Waals surface area contributed by atoms with Crippen molar-refractivity contribution in [3.05, 3.63) is 29.8 Å². The van der Waals surface area contributed by atoms with E-state index >= 15 is 0 Å². The SMILES string of the molecule is CCCCCCc1c(OC)c(OC)c2ccccc2c1OC(=O)N(C)C. The van der Waals surface area contributed by atoms with Crippen molar-refractivity contribution in [3.8, 4) is 17.2 Å². The molecule has 0 unspecified atom stereocenters. The molecule has 0 bridgehead atoms. The van der Waals surface area contributed by atoms with E-state index in [9.17, 15) is 4.79 Å². The van der Waals surface area contributed by atoms with Crippen LogP contribution in [-0.2, 0) is 6.42 Å². The van der Waals surface area contributed by atoms with Crippen LogP contribution in [0.3, 0.4) is 0 Å². The summed E-state index contributed by atoms with van der Waals surface area (Å²) in [5, 5.41) is 1.72. The first kappa shape index (κ1) is 19.9. The van der Waals surface area contributed by atoms with Crippen molar-refractivity contribution in [2.24, 2.45) is 0 Å². The number of benzene rings is 2. The lowest BCUT2D eigenvalue weighted by atomic mass is 9.98. The van der Waals surface area contributed by atoms with Gasteiger partial charge < -0.3 is 19.1 Å². The van der Waals surface area contributed by atoms with Crippen molar-refractivity contribution in [2.45, 2.75) is 39.0 Å². The fraction of sp³-hybridized carbons (Fsp3) is 0.476. The number of fused-ring (bicyclic) bond motifs is 1. The molecule has 0 atom stereocenters. The third-order valence-corrected chi connectivity index (χ3v) is 4.41. The van der Waals surface area contributed by atoms with Gasteiger partial charge in [-0.25, -0.2) is 4.79 Å². The standard InChI is InChI=1S/C21H29NO4/c1-6-7-8-9-14-17-18(26-21(23)22(2)3)15-12-10-11-13-16(15)19(24-4)20(17)25-5/h10-13H,6-9,14H2,1-5H3. The van der Waals surface area contributed by atoms with Crippen molar-refractivity contribution in [1.29, 1.82) is 0 Å². The van der Waals surface area contributed by atoms with E-state index in [1.807, 2.05) is 24.3 Å². The summed E-state index contributed by atoms with van der Waals surface area (Å²) in [6.45, 7) is 2.18. The fourth-order valence-electron chi connectivity index (χ4n) is 3.07. The highest BCUT2D eigenvalue weighted by atomic mass is 16.6. The van der Waals surface area contributed by atoms with Gasteiger partial charge in [0.25, 0.3) is 0 Å². The lowest BCUT2D eigenvalue weighted by molar-refractivity contribution is 0.172. The molecule has 0 aliphatic carbocycles. The molecule has 0 fully saturated rings. The molecule has 2 rings (SSSR count). The first-order chi connectivity index (χ1) is 12.5. The number of nitrogens with zero attached hydrogens (tertiary/aromatic N) is 1. The molecule has 0 aliphatic rings. The Bertz CT molecular complexity index is 755. The Hall–Kier alpha value is -2.43. The fourth-order valence-corrected chi connectivity index (χ4v) is 3.07. The zero-order valence-electron chi connectivity index (χ0n) is 16.4. The van der Waals surface area contributed by atoms with E-state index in [-0.39, 0.29) is 0 Å². The highest BCUT2D eigenvalue weighted by molar-refractivity contribution is 5.98. The zero-order chi connectivity index (χ0) is 19.1. The quantitative estimate of drug-likeness (QED) is 0.620. The summed E-state index contributed by atoms with van der Waals surface area (Å²) in [6, 6.07) is 7.76. The van der Waals surface area contributed by atoms with Gasteiger partial charge in [-0.3, -0.25) is 0 Å². The van der Waals surface area contributed by atoms with Crippen molar-refractivity contribution >= 4 is 16.9 Å². The van der Waals surface area contributed by atoms with Crippen molar-refractivity contribution in [2.75, 3.05) is 28.3 Å². The largest absolute Gasteiger partial charge is 0.492 e. The van der Waals surface area contributed by atoms with E-state index in [2.05, 4.69) is 6.92 Å². The van der Waals surface area contributed by atoms with Crippen LogP contribution >= 0.6 is 0 Å². The average Bonchev–Trinajstić information content (AvgIpc) is 2.65. The van der Waals surface area contributed by atoms with Crippen molar-refractivity contribution in [1.82, 2.24) is 4.90 Å². The Morgan fingerprint density at radius 1 is 0.923 bits per heavy atom. The molecule has 0 saturated carbocycles. The van der Waals surface area contributed by atoms with Gasteiger partial charge in [-0.2, -0.15) is 0 Å². The molecule has 0 aromatic heterocycles. The third-order valence-electron chi connectivity index (χ3n) is 4.41. The minimum absolute atomic E-state index is 0.405. The van der Waals surface area contributed by atoms with Crippen LogP contribution in [0.1, 0.15) is 38.2 Å². The number of hydrogen-bond donors (Lipinski definition) is 0. The van der Waals surface area contributed by atoms with Gasteiger partial charge in [0.15, 0.2) is 11.5 Å². The summed E-state index contributed by atoms with van der Waals surface area (Å²) >= 11 is 0. The molecular formula is C21H29NO4. The Morgan fingerprint density at radius 2 is 1.54 bits per heavy atom. The summed E-state index contributed by atoms with van der Waals surface area (Å²) in [7, 11) is 6.61. The molecule has 2 aromatic rings. The van der Waals surface area contributed by atoms with Gasteiger partial charge in [0.1, 0.15) is 5.75 Å². The van der Waals surface area contributed by atoms with Crippen LogP contribution in [-0.4, -0.2) is 39.3 Å². The second kappa shape index (κ2) is 9.32. The lowest BCUT2D eigenvalue weighted by Crippen LogP contribution is -2.26. The number of carbonyl (C=O) groups excluding carboxylic acids is 1. The number of rotatable bonds is 8. The molecule has 0 saturated heterocycles. The predicted octanol–water partition coefficient (Wildman–Crippen LogP) is 5.04. The lowest BCUT2D eigenvalue weighted by Gasteiger charge is -2.21. The monoisotopic (exact) mass is 359 g/mol. The molecule has 0 heterocycles. The van der Waals surface area contributed by atoms with Gasteiger partial charge in [0.05, 0.1) is 14.2 Å². The molecule has 0 N–H and O–H groups in total. The molecular weight excluding hydrogens is 330 g/mol. The van der Waals surface area contributed by atoms with Crippen LogP contribution in [0.5, 0.6) is 17.2 Å². The molecule has 5 heteroatoms. The maximum absolute atomic E-state index is 12.3. The number of hydrogen-bond acceptors (Lipinski definition) is 4. The van der Waals surface area contributed by atoms with E-state index in [1.165, 1.54) is 17.7 Å². The third kappa shape index (κ3) is 4.21. The van der Waals surface area contributed by atoms with Crippen LogP contribution in [0, 0.1) is 0 Å². The number of ether oxygens (including phenoxy) is 3. The van der Waals surface area contributed by atoms with Crippen LogP contribution in [0.2, 0.25) is 0 Å².